The van der Waals surface area contributed by atoms with Gasteiger partial charge in [-0.15, -0.1) is 0 Å². The smallest absolute Gasteiger partial charge is 0.265 e. The van der Waals surface area contributed by atoms with Crippen LogP contribution in [0.3, 0.4) is 0 Å². The second kappa shape index (κ2) is 5.29. The van der Waals surface area contributed by atoms with E-state index in [-0.39, 0.29) is 16.5 Å². The minimum absolute atomic E-state index is 0.0301. The number of aromatic nitrogens is 2. The molecular weight excluding hydrogens is 317 g/mol. The number of hydrogen-bond donors (Lipinski definition) is 0. The van der Waals surface area contributed by atoms with Gasteiger partial charge >= 0.3 is 0 Å². The molecule has 2 fully saturated rings. The summed E-state index contributed by atoms with van der Waals surface area (Å²) in [5, 5.41) is 0.107. The van der Waals surface area contributed by atoms with Crippen LogP contribution in [0.1, 0.15) is 53.4 Å². The fourth-order valence-electron chi connectivity index (χ4n) is 5.31. The van der Waals surface area contributed by atoms with Crippen LogP contribution in [0.4, 0.5) is 10.3 Å². The fraction of sp³-hybridized carbons (Fsp3) is 0.600. The Balaban J connectivity index is 1.91. The van der Waals surface area contributed by atoms with E-state index in [1.54, 1.807) is 16.7 Å². The maximum Gasteiger partial charge on any atom is 0.265 e. The van der Waals surface area contributed by atoms with E-state index in [0.717, 1.165) is 31.6 Å². The van der Waals surface area contributed by atoms with Gasteiger partial charge in [0.2, 0.25) is 5.95 Å². The van der Waals surface area contributed by atoms with Gasteiger partial charge in [-0.1, -0.05) is 26.8 Å². The van der Waals surface area contributed by atoms with Crippen molar-refractivity contribution in [1.29, 1.82) is 0 Å². The molecule has 4 nitrogen and oxygen atoms in total. The predicted octanol–water partition coefficient (Wildman–Crippen LogP) is 4.10. The second-order valence-electron chi connectivity index (χ2n) is 8.77. The van der Waals surface area contributed by atoms with E-state index in [4.69, 9.17) is 4.98 Å². The Morgan fingerprint density at radius 3 is 2.72 bits per heavy atom. The molecule has 0 amide bonds. The van der Waals surface area contributed by atoms with Gasteiger partial charge in [0.15, 0.2) is 0 Å². The first-order valence-electron chi connectivity index (χ1n) is 9.24. The van der Waals surface area contributed by atoms with Crippen molar-refractivity contribution in [2.24, 2.45) is 5.41 Å². The third-order valence-corrected chi connectivity index (χ3v) is 5.84. The minimum atomic E-state index is -0.484. The molecule has 25 heavy (non-hydrogen) atoms. The van der Waals surface area contributed by atoms with E-state index in [9.17, 15) is 9.18 Å². The van der Waals surface area contributed by atoms with Crippen molar-refractivity contribution in [3.63, 3.8) is 0 Å². The van der Waals surface area contributed by atoms with Crippen LogP contribution in [0.15, 0.2) is 23.0 Å². The maximum atomic E-state index is 14.2. The van der Waals surface area contributed by atoms with E-state index in [0.29, 0.717) is 23.5 Å². The number of piperidine rings is 1. The zero-order chi connectivity index (χ0) is 18.0. The van der Waals surface area contributed by atoms with Gasteiger partial charge in [-0.3, -0.25) is 9.36 Å². The number of halogens is 1. The highest BCUT2D eigenvalue weighted by Gasteiger charge is 2.57. The summed E-state index contributed by atoms with van der Waals surface area (Å²) in [6.45, 7) is 9.49. The molecule has 0 N–H and O–H groups in total. The monoisotopic (exact) mass is 343 g/mol. The highest BCUT2D eigenvalue weighted by atomic mass is 19.1. The Hall–Kier alpha value is -1.91. The summed E-state index contributed by atoms with van der Waals surface area (Å²) < 4.78 is 15.9. The highest BCUT2D eigenvalue weighted by molar-refractivity contribution is 5.79. The molecule has 0 spiro atoms. The number of fused-ring (bicyclic) bond motifs is 3. The number of rotatable bonds is 3. The molecule has 1 aromatic heterocycles. The van der Waals surface area contributed by atoms with Crippen LogP contribution in [0.2, 0.25) is 0 Å². The van der Waals surface area contributed by atoms with Crippen LogP contribution in [0, 0.1) is 11.2 Å². The Kier molecular flexibility index (Phi) is 3.50. The van der Waals surface area contributed by atoms with Crippen molar-refractivity contribution in [3.05, 3.63) is 34.4 Å². The summed E-state index contributed by atoms with van der Waals surface area (Å²) in [5.41, 5.74) is 0.544. The van der Waals surface area contributed by atoms with Gasteiger partial charge in [0, 0.05) is 18.1 Å². The normalized spacial score (nSPS) is 27.4. The average molecular weight is 343 g/mol. The lowest BCUT2D eigenvalue weighted by molar-refractivity contribution is 0.0453. The fourth-order valence-corrected chi connectivity index (χ4v) is 5.31. The van der Waals surface area contributed by atoms with Crippen molar-refractivity contribution >= 4 is 16.9 Å². The summed E-state index contributed by atoms with van der Waals surface area (Å²) in [6, 6.07) is 5.11. The van der Waals surface area contributed by atoms with Gasteiger partial charge in [-0.05, 0) is 50.2 Å². The summed E-state index contributed by atoms with van der Waals surface area (Å²) in [7, 11) is 0. The van der Waals surface area contributed by atoms with E-state index in [1.807, 2.05) is 6.92 Å². The molecule has 2 aliphatic rings. The number of benzene rings is 1. The van der Waals surface area contributed by atoms with Gasteiger partial charge in [-0.25, -0.2) is 9.37 Å². The lowest BCUT2D eigenvalue weighted by atomic mass is 9.59. The summed E-state index contributed by atoms with van der Waals surface area (Å²) in [5.74, 6) is 0.238. The molecule has 0 unspecified atom stereocenters. The largest absolute Gasteiger partial charge is 0.334 e. The minimum Gasteiger partial charge on any atom is -0.334 e. The zero-order valence-electron chi connectivity index (χ0n) is 15.5. The summed E-state index contributed by atoms with van der Waals surface area (Å²) >= 11 is 0. The first-order valence-corrected chi connectivity index (χ1v) is 9.24. The first kappa shape index (κ1) is 16.6. The van der Waals surface area contributed by atoms with E-state index >= 15 is 0 Å². The quantitative estimate of drug-likeness (QED) is 0.842. The molecule has 1 aromatic carbocycles. The molecule has 2 atom stereocenters. The van der Waals surface area contributed by atoms with Crippen molar-refractivity contribution < 1.29 is 4.39 Å². The van der Waals surface area contributed by atoms with Gasteiger partial charge in [0.05, 0.1) is 5.52 Å². The number of anilines is 1. The second-order valence-corrected chi connectivity index (χ2v) is 8.77. The van der Waals surface area contributed by atoms with Crippen LogP contribution < -0.4 is 10.5 Å². The lowest BCUT2D eigenvalue weighted by Crippen LogP contribution is -2.71. The molecule has 4 rings (SSSR count). The molecule has 0 aliphatic carbocycles. The molecule has 2 bridgehead atoms. The third-order valence-electron chi connectivity index (χ3n) is 5.84. The van der Waals surface area contributed by atoms with Crippen LogP contribution in [-0.4, -0.2) is 21.1 Å². The predicted molar refractivity (Wildman–Crippen MR) is 98.6 cm³/mol. The number of hydrogen-bond acceptors (Lipinski definition) is 3. The van der Waals surface area contributed by atoms with Gasteiger partial charge in [0.1, 0.15) is 11.2 Å². The first-order chi connectivity index (χ1) is 11.8. The summed E-state index contributed by atoms with van der Waals surface area (Å²) in [6.07, 6.45) is 4.14. The maximum absolute atomic E-state index is 14.2. The molecule has 0 radical (unpaired) electrons. The number of nitrogens with zero attached hydrogens (tertiary/aromatic N) is 3. The molecule has 0 saturated carbocycles. The van der Waals surface area contributed by atoms with Gasteiger partial charge in [0.25, 0.3) is 5.56 Å². The highest BCUT2D eigenvalue weighted by Crippen LogP contribution is 2.55. The van der Waals surface area contributed by atoms with Crippen molar-refractivity contribution in [2.75, 3.05) is 4.90 Å². The van der Waals surface area contributed by atoms with Crippen LogP contribution in [0.5, 0.6) is 0 Å². The standard InChI is InChI=1S/C20H26FN3O/c1-5-9-23-17(25)16-14(21)7-6-8-15(16)22-18(23)24-13-10-19(2,3)12-20(24,4)11-13/h6-8,13H,5,9-12H2,1-4H3/t13-,20-/m1/s1. The van der Waals surface area contributed by atoms with Crippen molar-refractivity contribution in [1.82, 2.24) is 9.55 Å². The van der Waals surface area contributed by atoms with Crippen LogP contribution in [-0.2, 0) is 6.54 Å². The Labute approximate surface area is 147 Å². The van der Waals surface area contributed by atoms with Gasteiger partial charge < -0.3 is 4.90 Å². The molecule has 2 saturated heterocycles. The Morgan fingerprint density at radius 1 is 1.28 bits per heavy atom. The van der Waals surface area contributed by atoms with Crippen LogP contribution >= 0.6 is 0 Å². The van der Waals surface area contributed by atoms with Gasteiger partial charge in [-0.2, -0.15) is 0 Å². The Morgan fingerprint density at radius 2 is 2.04 bits per heavy atom. The molecule has 2 aliphatic heterocycles. The third kappa shape index (κ3) is 2.39. The van der Waals surface area contributed by atoms with E-state index in [2.05, 4.69) is 25.7 Å². The molecule has 3 heterocycles. The molecule has 5 heteroatoms. The van der Waals surface area contributed by atoms with Crippen molar-refractivity contribution in [3.8, 4) is 0 Å². The SMILES string of the molecule is CCCn1c(N2[C@@H]3CC(C)(C)C[C@@]2(C)C3)nc2cccc(F)c2c1=O. The zero-order valence-corrected chi connectivity index (χ0v) is 15.5. The average Bonchev–Trinajstić information content (AvgIpc) is 2.48. The lowest BCUT2D eigenvalue weighted by Gasteiger charge is -2.65. The topological polar surface area (TPSA) is 38.1 Å². The molecule has 134 valence electrons. The van der Waals surface area contributed by atoms with E-state index < -0.39 is 5.82 Å². The van der Waals surface area contributed by atoms with Crippen molar-refractivity contribution in [2.45, 2.75) is 71.5 Å². The Bertz CT molecular complexity index is 904. The van der Waals surface area contributed by atoms with E-state index in [1.165, 1.54) is 6.07 Å². The summed E-state index contributed by atoms with van der Waals surface area (Å²) in [4.78, 5) is 20.1. The molecule has 2 aromatic rings. The van der Waals surface area contributed by atoms with Crippen LogP contribution in [0.25, 0.3) is 10.9 Å². The molecular formula is C20H26FN3O.